The summed E-state index contributed by atoms with van der Waals surface area (Å²) in [5, 5.41) is 5.99. The number of ketones is 1. The third-order valence-corrected chi connectivity index (χ3v) is 3.05. The maximum absolute atomic E-state index is 13.6. The number of allylic oxidation sites excluding steroid dienone is 1. The summed E-state index contributed by atoms with van der Waals surface area (Å²) < 4.78 is 13.6. The molecule has 3 nitrogen and oxygen atoms in total. The maximum atomic E-state index is 13.6. The molecule has 0 aliphatic heterocycles. The number of halogens is 1. The maximum Gasteiger partial charge on any atom is 0.149 e. The summed E-state index contributed by atoms with van der Waals surface area (Å²) in [6.07, 6.45) is 1.83. The molecule has 0 spiro atoms. The predicted octanol–water partition coefficient (Wildman–Crippen LogP) is 2.72. The van der Waals surface area contributed by atoms with Crippen LogP contribution in [-0.2, 0) is 11.3 Å². The van der Waals surface area contributed by atoms with Gasteiger partial charge >= 0.3 is 0 Å². The second kappa shape index (κ2) is 7.80. The van der Waals surface area contributed by atoms with Gasteiger partial charge in [-0.3, -0.25) is 4.79 Å². The van der Waals surface area contributed by atoms with Crippen molar-refractivity contribution in [2.45, 2.75) is 27.3 Å². The van der Waals surface area contributed by atoms with E-state index in [1.165, 1.54) is 12.1 Å². The van der Waals surface area contributed by atoms with Crippen molar-refractivity contribution in [2.75, 3.05) is 13.6 Å². The van der Waals surface area contributed by atoms with Crippen molar-refractivity contribution in [1.29, 1.82) is 0 Å². The van der Waals surface area contributed by atoms with Crippen molar-refractivity contribution in [2.24, 2.45) is 5.92 Å². The van der Waals surface area contributed by atoms with Crippen LogP contribution < -0.4 is 10.6 Å². The largest absolute Gasteiger partial charge is 0.394 e. The van der Waals surface area contributed by atoms with Crippen molar-refractivity contribution in [3.8, 4) is 0 Å². The van der Waals surface area contributed by atoms with E-state index in [1.807, 2.05) is 40.1 Å². The van der Waals surface area contributed by atoms with E-state index in [9.17, 15) is 9.18 Å². The van der Waals surface area contributed by atoms with Gasteiger partial charge in [0.25, 0.3) is 0 Å². The molecule has 0 unspecified atom stereocenters. The van der Waals surface area contributed by atoms with Crippen LogP contribution >= 0.6 is 0 Å². The van der Waals surface area contributed by atoms with E-state index in [2.05, 4.69) is 10.6 Å². The topological polar surface area (TPSA) is 41.1 Å². The van der Waals surface area contributed by atoms with Crippen LogP contribution in [-0.4, -0.2) is 19.4 Å². The zero-order valence-electron chi connectivity index (χ0n) is 12.6. The van der Waals surface area contributed by atoms with Crippen LogP contribution in [0.5, 0.6) is 0 Å². The summed E-state index contributed by atoms with van der Waals surface area (Å²) >= 11 is 0. The van der Waals surface area contributed by atoms with E-state index < -0.39 is 0 Å². The third kappa shape index (κ3) is 5.13. The number of hydrogen-bond donors (Lipinski definition) is 2. The second-order valence-corrected chi connectivity index (χ2v) is 5.19. The van der Waals surface area contributed by atoms with Gasteiger partial charge < -0.3 is 10.6 Å². The summed E-state index contributed by atoms with van der Waals surface area (Å²) in [7, 11) is 1.81. The number of benzene rings is 1. The summed E-state index contributed by atoms with van der Waals surface area (Å²) in [5.74, 6) is -0.0856. The van der Waals surface area contributed by atoms with Gasteiger partial charge in [0.15, 0.2) is 0 Å². The summed E-state index contributed by atoms with van der Waals surface area (Å²) in [5.41, 5.74) is 2.64. The fourth-order valence-corrected chi connectivity index (χ4v) is 1.81. The summed E-state index contributed by atoms with van der Waals surface area (Å²) in [6.45, 7) is 6.46. The molecule has 0 fully saturated rings. The predicted molar refractivity (Wildman–Crippen MR) is 80.7 cm³/mol. The molecule has 110 valence electrons. The summed E-state index contributed by atoms with van der Waals surface area (Å²) in [6, 6.07) is 4.92. The van der Waals surface area contributed by atoms with Gasteiger partial charge in [-0.1, -0.05) is 13.8 Å². The zero-order chi connectivity index (χ0) is 15.1. The van der Waals surface area contributed by atoms with Gasteiger partial charge in [-0.25, -0.2) is 4.39 Å². The molecule has 4 heteroatoms. The molecule has 0 amide bonds. The first-order chi connectivity index (χ1) is 9.43. The molecular weight excluding hydrogens is 255 g/mol. The van der Waals surface area contributed by atoms with Crippen LogP contribution in [0.25, 0.3) is 5.57 Å². The Hall–Kier alpha value is -1.68. The molecular formula is C16H23FN2O. The molecule has 2 N–H and O–H groups in total. The van der Waals surface area contributed by atoms with Gasteiger partial charge in [-0.2, -0.15) is 0 Å². The molecule has 0 heterocycles. The normalized spacial score (nSPS) is 11.8. The van der Waals surface area contributed by atoms with Crippen molar-refractivity contribution in [3.05, 3.63) is 41.3 Å². The zero-order valence-corrected chi connectivity index (χ0v) is 12.6. The minimum Gasteiger partial charge on any atom is -0.394 e. The molecule has 0 aliphatic carbocycles. The number of nitrogens with one attached hydrogen (secondary N) is 2. The van der Waals surface area contributed by atoms with Crippen molar-refractivity contribution in [1.82, 2.24) is 10.6 Å². The second-order valence-electron chi connectivity index (χ2n) is 5.19. The average molecular weight is 278 g/mol. The first kappa shape index (κ1) is 16.4. The Bertz CT molecular complexity index is 495. The quantitative estimate of drug-likeness (QED) is 0.806. The minimum absolute atomic E-state index is 0.0198. The number of rotatable bonds is 7. The molecule has 1 aromatic rings. The Morgan fingerprint density at radius 3 is 2.65 bits per heavy atom. The van der Waals surface area contributed by atoms with Gasteiger partial charge in [-0.15, -0.1) is 0 Å². The first-order valence-corrected chi connectivity index (χ1v) is 6.81. The Morgan fingerprint density at radius 1 is 1.35 bits per heavy atom. The first-order valence-electron chi connectivity index (χ1n) is 6.81. The Kier molecular flexibility index (Phi) is 6.39. The SMILES string of the molecule is CN/C=C(\C)c1cc(F)cc(CNCC(=O)C(C)C)c1. The molecule has 0 bridgehead atoms. The minimum atomic E-state index is -0.265. The van der Waals surface area contributed by atoms with Gasteiger partial charge in [0.05, 0.1) is 6.54 Å². The van der Waals surface area contributed by atoms with E-state index >= 15 is 0 Å². The lowest BCUT2D eigenvalue weighted by Gasteiger charge is -2.09. The molecule has 0 atom stereocenters. The number of carbonyl (C=O) groups excluding carboxylic acids is 1. The Labute approximate surface area is 120 Å². The molecule has 0 radical (unpaired) electrons. The lowest BCUT2D eigenvalue weighted by atomic mass is 10.0. The monoisotopic (exact) mass is 278 g/mol. The molecule has 0 aliphatic rings. The highest BCUT2D eigenvalue weighted by Crippen LogP contribution is 2.17. The van der Waals surface area contributed by atoms with Crippen molar-refractivity contribution >= 4 is 11.4 Å². The number of Topliss-reactive ketones (excluding diaryl/α,β-unsaturated/α-hetero) is 1. The fourth-order valence-electron chi connectivity index (χ4n) is 1.81. The van der Waals surface area contributed by atoms with Crippen LogP contribution in [0, 0.1) is 11.7 Å². The van der Waals surface area contributed by atoms with Gasteiger partial charge in [0, 0.05) is 19.5 Å². The fraction of sp³-hybridized carbons (Fsp3) is 0.438. The van der Waals surface area contributed by atoms with Gasteiger partial charge in [0.1, 0.15) is 11.6 Å². The molecule has 0 aromatic heterocycles. The molecule has 0 saturated heterocycles. The lowest BCUT2D eigenvalue weighted by molar-refractivity contribution is -0.121. The average Bonchev–Trinajstić information content (AvgIpc) is 2.38. The van der Waals surface area contributed by atoms with Crippen LogP contribution in [0.2, 0.25) is 0 Å². The highest BCUT2D eigenvalue weighted by molar-refractivity contribution is 5.82. The van der Waals surface area contributed by atoms with Gasteiger partial charge in [0.2, 0.25) is 0 Å². The number of carbonyl (C=O) groups is 1. The number of hydrogen-bond acceptors (Lipinski definition) is 3. The van der Waals surface area contributed by atoms with Crippen molar-refractivity contribution < 1.29 is 9.18 Å². The van der Waals surface area contributed by atoms with Gasteiger partial charge in [-0.05, 0) is 48.0 Å². The highest BCUT2D eigenvalue weighted by atomic mass is 19.1. The molecule has 0 saturated carbocycles. The van der Waals surface area contributed by atoms with Crippen LogP contribution in [0.15, 0.2) is 24.4 Å². The Balaban J connectivity index is 2.71. The smallest absolute Gasteiger partial charge is 0.149 e. The molecule has 1 rings (SSSR count). The standard InChI is InChI=1S/C16H23FN2O/c1-11(2)16(20)10-19-9-13-5-14(7-15(17)6-13)12(3)8-18-4/h5-8,11,18-19H,9-10H2,1-4H3/b12-8+. The van der Waals surface area contributed by atoms with E-state index in [0.29, 0.717) is 13.1 Å². The van der Waals surface area contributed by atoms with Crippen LogP contribution in [0.3, 0.4) is 0 Å². The Morgan fingerprint density at radius 2 is 2.05 bits per heavy atom. The van der Waals surface area contributed by atoms with Crippen LogP contribution in [0.1, 0.15) is 31.9 Å². The molecule has 20 heavy (non-hydrogen) atoms. The van der Waals surface area contributed by atoms with Crippen LogP contribution in [0.4, 0.5) is 4.39 Å². The van der Waals surface area contributed by atoms with Crippen molar-refractivity contribution in [3.63, 3.8) is 0 Å². The van der Waals surface area contributed by atoms with E-state index in [-0.39, 0.29) is 17.5 Å². The third-order valence-electron chi connectivity index (χ3n) is 3.05. The van der Waals surface area contributed by atoms with E-state index in [4.69, 9.17) is 0 Å². The van der Waals surface area contributed by atoms with E-state index in [1.54, 1.807) is 0 Å². The molecule has 1 aromatic carbocycles. The lowest BCUT2D eigenvalue weighted by Crippen LogP contribution is -2.25. The highest BCUT2D eigenvalue weighted by Gasteiger charge is 2.07. The van der Waals surface area contributed by atoms with E-state index in [0.717, 1.165) is 16.7 Å². The summed E-state index contributed by atoms with van der Waals surface area (Å²) in [4.78, 5) is 11.5.